The normalized spacial score (nSPS) is 9.86. The Morgan fingerprint density at radius 1 is 1.71 bits per heavy atom. The first kappa shape index (κ1) is 6.37. The van der Waals surface area contributed by atoms with Gasteiger partial charge in [0.25, 0.3) is 0 Å². The summed E-state index contributed by atoms with van der Waals surface area (Å²) in [6, 6.07) is 0. The Kier molecular flexibility index (Phi) is 4.89. The summed E-state index contributed by atoms with van der Waals surface area (Å²) in [6.07, 6.45) is 3.12. The Morgan fingerprint density at radius 2 is 2.43 bits per heavy atom. The van der Waals surface area contributed by atoms with Crippen LogP contribution in [0, 0.1) is 0 Å². The molecule has 0 aromatic carbocycles. The summed E-state index contributed by atoms with van der Waals surface area (Å²) >= 11 is 0. The molecule has 1 N–H and O–H groups in total. The van der Waals surface area contributed by atoms with Crippen molar-refractivity contribution in [1.29, 1.82) is 0 Å². The number of aliphatic hydroxyl groups is 1. The predicted octanol–water partition coefficient (Wildman–Crippen LogP) is 0.235. The maximum atomic E-state index is 8.11. The molecule has 0 rings (SSSR count). The van der Waals surface area contributed by atoms with Crippen LogP contribution in [0.15, 0.2) is 17.6 Å². The SMILES string of the molecule is C=CCN=CCO. The number of hydrogen-bond donors (Lipinski definition) is 1. The Morgan fingerprint density at radius 3 is 2.86 bits per heavy atom. The molecule has 0 aromatic heterocycles. The van der Waals surface area contributed by atoms with Crippen LogP contribution in [0.5, 0.6) is 0 Å². The van der Waals surface area contributed by atoms with Gasteiger partial charge in [-0.25, -0.2) is 0 Å². The second-order valence-electron chi connectivity index (χ2n) is 1.02. The summed E-state index contributed by atoms with van der Waals surface area (Å²) in [5.41, 5.74) is 0. The van der Waals surface area contributed by atoms with Crippen molar-refractivity contribution in [2.75, 3.05) is 13.2 Å². The molecular formula is C5H9NO. The van der Waals surface area contributed by atoms with Gasteiger partial charge in [-0.1, -0.05) is 6.08 Å². The lowest BCUT2D eigenvalue weighted by Gasteiger charge is -1.76. The first-order chi connectivity index (χ1) is 3.41. The number of rotatable bonds is 3. The van der Waals surface area contributed by atoms with E-state index in [9.17, 15) is 0 Å². The lowest BCUT2D eigenvalue weighted by Crippen LogP contribution is -1.81. The maximum Gasteiger partial charge on any atom is 0.0779 e. The highest BCUT2D eigenvalue weighted by Crippen LogP contribution is 1.64. The van der Waals surface area contributed by atoms with Gasteiger partial charge in [0.1, 0.15) is 0 Å². The highest BCUT2D eigenvalue weighted by molar-refractivity contribution is 5.58. The molecule has 0 aliphatic heterocycles. The van der Waals surface area contributed by atoms with Crippen molar-refractivity contribution in [3.8, 4) is 0 Å². The fraction of sp³-hybridized carbons (Fsp3) is 0.400. The summed E-state index contributed by atoms with van der Waals surface area (Å²) in [6.45, 7) is 4.06. The molecule has 7 heavy (non-hydrogen) atoms. The minimum Gasteiger partial charge on any atom is -0.391 e. The summed E-state index contributed by atoms with van der Waals surface area (Å²) in [7, 11) is 0. The van der Waals surface area contributed by atoms with E-state index in [0.717, 1.165) is 0 Å². The maximum absolute atomic E-state index is 8.11. The van der Waals surface area contributed by atoms with Crippen molar-refractivity contribution in [2.24, 2.45) is 4.99 Å². The molecule has 0 spiro atoms. The quantitative estimate of drug-likeness (QED) is 0.399. The Balaban J connectivity index is 2.92. The molecule has 0 aromatic rings. The second-order valence-corrected chi connectivity index (χ2v) is 1.02. The molecule has 0 aliphatic carbocycles. The third-order valence-corrected chi connectivity index (χ3v) is 0.445. The highest BCUT2D eigenvalue weighted by atomic mass is 16.2. The van der Waals surface area contributed by atoms with Crippen LogP contribution in [0.1, 0.15) is 0 Å². The van der Waals surface area contributed by atoms with Gasteiger partial charge in [-0.2, -0.15) is 0 Å². The summed E-state index contributed by atoms with van der Waals surface area (Å²) in [5, 5.41) is 8.11. The van der Waals surface area contributed by atoms with E-state index < -0.39 is 0 Å². The molecule has 0 bridgehead atoms. The lowest BCUT2D eigenvalue weighted by molar-refractivity contribution is 0.361. The van der Waals surface area contributed by atoms with Gasteiger partial charge in [-0.15, -0.1) is 6.58 Å². The van der Waals surface area contributed by atoms with E-state index in [0.29, 0.717) is 6.54 Å². The fourth-order valence-electron chi connectivity index (χ4n) is 0.207. The van der Waals surface area contributed by atoms with Gasteiger partial charge in [0.05, 0.1) is 13.2 Å². The van der Waals surface area contributed by atoms with Gasteiger partial charge in [-0.05, 0) is 0 Å². The van der Waals surface area contributed by atoms with Crippen molar-refractivity contribution >= 4 is 6.21 Å². The Hall–Kier alpha value is -0.630. The molecule has 2 nitrogen and oxygen atoms in total. The molecule has 0 saturated heterocycles. The molecule has 0 fully saturated rings. The van der Waals surface area contributed by atoms with Crippen LogP contribution in [0.3, 0.4) is 0 Å². The van der Waals surface area contributed by atoms with Crippen LogP contribution >= 0.6 is 0 Å². The largest absolute Gasteiger partial charge is 0.391 e. The highest BCUT2D eigenvalue weighted by Gasteiger charge is 1.63. The van der Waals surface area contributed by atoms with Crippen molar-refractivity contribution < 1.29 is 5.11 Å². The van der Waals surface area contributed by atoms with E-state index in [1.54, 1.807) is 6.08 Å². The van der Waals surface area contributed by atoms with Gasteiger partial charge >= 0.3 is 0 Å². The van der Waals surface area contributed by atoms with Crippen molar-refractivity contribution in [3.05, 3.63) is 12.7 Å². The molecule has 0 amide bonds. The summed E-state index contributed by atoms with van der Waals surface area (Å²) < 4.78 is 0. The number of nitrogens with zero attached hydrogens (tertiary/aromatic N) is 1. The molecule has 0 aliphatic rings. The van der Waals surface area contributed by atoms with E-state index in [-0.39, 0.29) is 6.61 Å². The van der Waals surface area contributed by atoms with E-state index in [2.05, 4.69) is 11.6 Å². The van der Waals surface area contributed by atoms with Crippen LogP contribution < -0.4 is 0 Å². The van der Waals surface area contributed by atoms with Crippen LogP contribution in [0.2, 0.25) is 0 Å². The van der Waals surface area contributed by atoms with Gasteiger partial charge in [-0.3, -0.25) is 4.99 Å². The molecule has 2 heteroatoms. The molecule has 40 valence electrons. The van der Waals surface area contributed by atoms with Crippen LogP contribution in [-0.2, 0) is 0 Å². The monoisotopic (exact) mass is 99.1 g/mol. The van der Waals surface area contributed by atoms with Crippen LogP contribution in [0.4, 0.5) is 0 Å². The zero-order valence-electron chi connectivity index (χ0n) is 4.17. The smallest absolute Gasteiger partial charge is 0.0779 e. The minimum atomic E-state index is 0.0217. The van der Waals surface area contributed by atoms with Gasteiger partial charge in [0.15, 0.2) is 0 Å². The predicted molar refractivity (Wildman–Crippen MR) is 30.6 cm³/mol. The molecule has 0 unspecified atom stereocenters. The van der Waals surface area contributed by atoms with E-state index in [4.69, 9.17) is 5.11 Å². The standard InChI is InChI=1S/C5H9NO/c1-2-3-6-4-5-7/h2,4,7H,1,3,5H2. The number of aliphatic hydroxyl groups excluding tert-OH is 1. The average molecular weight is 99.1 g/mol. The number of hydrogen-bond acceptors (Lipinski definition) is 2. The van der Waals surface area contributed by atoms with E-state index in [1.165, 1.54) is 6.21 Å². The summed E-state index contributed by atoms with van der Waals surface area (Å²) in [4.78, 5) is 3.72. The minimum absolute atomic E-state index is 0.0217. The van der Waals surface area contributed by atoms with Gasteiger partial charge in [0.2, 0.25) is 0 Å². The molecule has 0 atom stereocenters. The first-order valence-electron chi connectivity index (χ1n) is 2.12. The van der Waals surface area contributed by atoms with E-state index >= 15 is 0 Å². The zero-order chi connectivity index (χ0) is 5.54. The fourth-order valence-corrected chi connectivity index (χ4v) is 0.207. The third kappa shape index (κ3) is 5.37. The number of aliphatic imine (C=N–C) groups is 1. The molecule has 0 heterocycles. The zero-order valence-corrected chi connectivity index (χ0v) is 4.17. The van der Waals surface area contributed by atoms with Gasteiger partial charge in [0, 0.05) is 6.21 Å². The van der Waals surface area contributed by atoms with Crippen LogP contribution in [0.25, 0.3) is 0 Å². The second kappa shape index (κ2) is 5.37. The molecular weight excluding hydrogens is 90.1 g/mol. The summed E-state index contributed by atoms with van der Waals surface area (Å²) in [5.74, 6) is 0. The lowest BCUT2D eigenvalue weighted by atomic mass is 10.6. The molecule has 0 saturated carbocycles. The molecule has 0 radical (unpaired) electrons. The third-order valence-electron chi connectivity index (χ3n) is 0.445. The van der Waals surface area contributed by atoms with Crippen molar-refractivity contribution in [3.63, 3.8) is 0 Å². The Labute approximate surface area is 43.2 Å². The Bertz CT molecular complexity index is 68.5. The van der Waals surface area contributed by atoms with E-state index in [1.807, 2.05) is 0 Å². The average Bonchev–Trinajstić information content (AvgIpc) is 1.69. The van der Waals surface area contributed by atoms with Crippen molar-refractivity contribution in [1.82, 2.24) is 0 Å². The first-order valence-corrected chi connectivity index (χ1v) is 2.12. The van der Waals surface area contributed by atoms with Gasteiger partial charge < -0.3 is 5.11 Å². The van der Waals surface area contributed by atoms with Crippen LogP contribution in [-0.4, -0.2) is 24.5 Å². The topological polar surface area (TPSA) is 32.6 Å². The van der Waals surface area contributed by atoms with Crippen molar-refractivity contribution in [2.45, 2.75) is 0 Å².